The molecule has 162 valence electrons. The molecule has 0 saturated carbocycles. The second-order valence-corrected chi connectivity index (χ2v) is 6.75. The first-order chi connectivity index (χ1) is 13.9. The third-order valence-corrected chi connectivity index (χ3v) is 5.10. The molecule has 0 spiro atoms. The maximum atomic E-state index is 12.6. The molecule has 0 aromatic heterocycles. The second kappa shape index (κ2) is 9.49. The number of hydrogen-bond donors (Lipinski definition) is 2. The van der Waals surface area contributed by atoms with Crippen molar-refractivity contribution < 1.29 is 23.7 Å². The van der Waals surface area contributed by atoms with Crippen molar-refractivity contribution in [1.82, 2.24) is 11.5 Å². The molecular weight excluding hydrogens is 388 g/mol. The molecule has 2 aromatic carbocycles. The summed E-state index contributed by atoms with van der Waals surface area (Å²) in [7, 11) is 6.14. The molecule has 1 atom stereocenters. The van der Waals surface area contributed by atoms with Crippen LogP contribution in [0.15, 0.2) is 29.1 Å². The van der Waals surface area contributed by atoms with E-state index in [1.54, 1.807) is 27.4 Å². The summed E-state index contributed by atoms with van der Waals surface area (Å²) in [5, 5.41) is 2.96. The summed E-state index contributed by atoms with van der Waals surface area (Å²) >= 11 is 0. The molecule has 0 fully saturated rings. The lowest BCUT2D eigenvalue weighted by atomic mass is 9.95. The van der Waals surface area contributed by atoms with Gasteiger partial charge in [-0.05, 0) is 47.7 Å². The zero-order chi connectivity index (χ0) is 21.1. The van der Waals surface area contributed by atoms with Crippen molar-refractivity contribution in [2.24, 2.45) is 0 Å². The fourth-order valence-electron chi connectivity index (χ4n) is 3.86. The molecule has 0 radical (unpaired) electrons. The standard InChI is InChI=1S/C22H25NO6.H3N/c1-12(24)23-16-8-6-13-10-19(27-3)21(28-4)22(29-5)20(13)14-7-9-18(26-2)17(25)11-15(14)16;/h7,9-11,16H,6,8H2,1-5H3,(H,23,24);1H3/t16-;/m0./s1. The number of amides is 1. The van der Waals surface area contributed by atoms with Gasteiger partial charge in [0.2, 0.25) is 17.1 Å². The van der Waals surface area contributed by atoms with Crippen molar-refractivity contribution in [3.63, 3.8) is 0 Å². The molecule has 1 aliphatic rings. The molecule has 0 heterocycles. The Balaban J connectivity index is 0.00000320. The monoisotopic (exact) mass is 416 g/mol. The first kappa shape index (κ1) is 23.0. The summed E-state index contributed by atoms with van der Waals surface area (Å²) in [5.74, 6) is 1.60. The summed E-state index contributed by atoms with van der Waals surface area (Å²) in [6.45, 7) is 1.46. The van der Waals surface area contributed by atoms with E-state index in [2.05, 4.69) is 5.32 Å². The molecule has 30 heavy (non-hydrogen) atoms. The number of nitrogens with one attached hydrogen (secondary N) is 1. The van der Waals surface area contributed by atoms with Crippen molar-refractivity contribution in [3.05, 3.63) is 45.6 Å². The van der Waals surface area contributed by atoms with E-state index in [9.17, 15) is 9.59 Å². The van der Waals surface area contributed by atoms with Gasteiger partial charge in [-0.3, -0.25) is 9.59 Å². The number of rotatable bonds is 5. The fraction of sp³-hybridized carbons (Fsp3) is 0.364. The van der Waals surface area contributed by atoms with Crippen LogP contribution in [-0.2, 0) is 11.2 Å². The van der Waals surface area contributed by atoms with Crippen LogP contribution in [0.5, 0.6) is 23.0 Å². The molecule has 0 saturated heterocycles. The Bertz CT molecular complexity index is 1010. The number of aryl methyl sites for hydroxylation is 1. The topological polar surface area (TPSA) is 118 Å². The highest BCUT2D eigenvalue weighted by Crippen LogP contribution is 2.50. The van der Waals surface area contributed by atoms with Crippen molar-refractivity contribution in [1.29, 1.82) is 0 Å². The van der Waals surface area contributed by atoms with Crippen LogP contribution in [0.3, 0.4) is 0 Å². The van der Waals surface area contributed by atoms with E-state index in [-0.39, 0.29) is 29.3 Å². The van der Waals surface area contributed by atoms with Crippen molar-refractivity contribution in [2.75, 3.05) is 28.4 Å². The average molecular weight is 416 g/mol. The predicted molar refractivity (Wildman–Crippen MR) is 114 cm³/mol. The Kier molecular flexibility index (Phi) is 7.28. The molecular formula is C22H28N2O6. The summed E-state index contributed by atoms with van der Waals surface area (Å²) < 4.78 is 22.0. The number of ether oxygens (including phenoxy) is 4. The van der Waals surface area contributed by atoms with E-state index >= 15 is 0 Å². The van der Waals surface area contributed by atoms with Crippen molar-refractivity contribution in [2.45, 2.75) is 25.8 Å². The number of hydrogen-bond acceptors (Lipinski definition) is 7. The number of benzene rings is 1. The Morgan fingerprint density at radius 3 is 2.20 bits per heavy atom. The van der Waals surface area contributed by atoms with Crippen LogP contribution in [0.1, 0.15) is 30.5 Å². The van der Waals surface area contributed by atoms with Gasteiger partial charge in [-0.15, -0.1) is 0 Å². The van der Waals surface area contributed by atoms with Crippen molar-refractivity contribution >= 4 is 5.91 Å². The molecule has 0 aliphatic heterocycles. The molecule has 8 nitrogen and oxygen atoms in total. The molecule has 4 N–H and O–H groups in total. The lowest BCUT2D eigenvalue weighted by molar-refractivity contribution is -0.119. The molecule has 8 heteroatoms. The summed E-state index contributed by atoms with van der Waals surface area (Å²) in [6.07, 6.45) is 1.27. The number of carbonyl (C=O) groups is 1. The normalized spacial score (nSPS) is 14.2. The van der Waals surface area contributed by atoms with Gasteiger partial charge in [0.05, 0.1) is 34.5 Å². The smallest absolute Gasteiger partial charge is 0.220 e. The fourth-order valence-corrected chi connectivity index (χ4v) is 3.86. The maximum Gasteiger partial charge on any atom is 0.220 e. The van der Waals surface area contributed by atoms with Gasteiger partial charge in [0.25, 0.3) is 0 Å². The summed E-state index contributed by atoms with van der Waals surface area (Å²) in [5.41, 5.74) is 3.01. The van der Waals surface area contributed by atoms with Gasteiger partial charge < -0.3 is 30.4 Å². The molecule has 1 amide bonds. The zero-order valence-electron chi connectivity index (χ0n) is 18.0. The molecule has 0 unspecified atom stereocenters. The Morgan fingerprint density at radius 2 is 1.63 bits per heavy atom. The van der Waals surface area contributed by atoms with Crippen LogP contribution in [0, 0.1) is 0 Å². The minimum atomic E-state index is -0.332. The maximum absolute atomic E-state index is 12.6. The lowest BCUT2D eigenvalue weighted by Gasteiger charge is -2.19. The highest BCUT2D eigenvalue weighted by atomic mass is 16.5. The van der Waals surface area contributed by atoms with Crippen LogP contribution in [0.25, 0.3) is 11.1 Å². The lowest BCUT2D eigenvalue weighted by Crippen LogP contribution is -2.26. The van der Waals surface area contributed by atoms with Gasteiger partial charge >= 0.3 is 0 Å². The SMILES string of the molecule is COc1cc2c(c(OC)c1OC)-c1ccc(OC)c(=O)cc1[C@@H](NC(C)=O)CC2.N. The Hall–Kier alpha value is -3.26. The number of fused-ring (bicyclic) bond motifs is 3. The third kappa shape index (κ3) is 4.04. The minimum Gasteiger partial charge on any atom is -0.493 e. The van der Waals surface area contributed by atoms with Crippen LogP contribution < -0.4 is 35.8 Å². The van der Waals surface area contributed by atoms with Gasteiger partial charge in [-0.25, -0.2) is 0 Å². The minimum absolute atomic E-state index is 0. The highest BCUT2D eigenvalue weighted by Gasteiger charge is 2.29. The largest absolute Gasteiger partial charge is 0.493 e. The molecule has 2 aromatic rings. The van der Waals surface area contributed by atoms with Gasteiger partial charge in [0, 0.05) is 12.5 Å². The van der Waals surface area contributed by atoms with Crippen LogP contribution >= 0.6 is 0 Å². The average Bonchev–Trinajstić information content (AvgIpc) is 2.95. The zero-order valence-corrected chi connectivity index (χ0v) is 18.0. The highest BCUT2D eigenvalue weighted by molar-refractivity contribution is 5.83. The van der Waals surface area contributed by atoms with Gasteiger partial charge in [0.1, 0.15) is 0 Å². The summed E-state index contributed by atoms with van der Waals surface area (Å²) in [4.78, 5) is 24.5. The Labute approximate surface area is 175 Å². The van der Waals surface area contributed by atoms with E-state index in [0.717, 1.165) is 16.7 Å². The van der Waals surface area contributed by atoms with Gasteiger partial charge in [-0.2, -0.15) is 0 Å². The molecule has 0 bridgehead atoms. The summed E-state index contributed by atoms with van der Waals surface area (Å²) in [6, 6.07) is 6.57. The first-order valence-corrected chi connectivity index (χ1v) is 9.26. The van der Waals surface area contributed by atoms with E-state index in [4.69, 9.17) is 18.9 Å². The third-order valence-electron chi connectivity index (χ3n) is 5.10. The van der Waals surface area contributed by atoms with Crippen molar-refractivity contribution in [3.8, 4) is 34.1 Å². The van der Waals surface area contributed by atoms with Crippen LogP contribution in [0.2, 0.25) is 0 Å². The quantitative estimate of drug-likeness (QED) is 0.769. The number of carbonyl (C=O) groups excluding carboxylic acids is 1. The van der Waals surface area contributed by atoms with E-state index < -0.39 is 0 Å². The van der Waals surface area contributed by atoms with Crippen LogP contribution in [0.4, 0.5) is 0 Å². The predicted octanol–water partition coefficient (Wildman–Crippen LogP) is 3.03. The first-order valence-electron chi connectivity index (χ1n) is 9.26. The van der Waals surface area contributed by atoms with E-state index in [1.165, 1.54) is 20.1 Å². The Morgan fingerprint density at radius 1 is 0.967 bits per heavy atom. The van der Waals surface area contributed by atoms with E-state index in [1.807, 2.05) is 12.1 Å². The van der Waals surface area contributed by atoms with Gasteiger partial charge in [-0.1, -0.05) is 6.07 Å². The van der Waals surface area contributed by atoms with E-state index in [0.29, 0.717) is 35.7 Å². The van der Waals surface area contributed by atoms with Gasteiger partial charge in [0.15, 0.2) is 17.2 Å². The molecule has 3 rings (SSSR count). The van der Waals surface area contributed by atoms with Crippen LogP contribution in [-0.4, -0.2) is 34.3 Å². The number of methoxy groups -OCH3 is 4. The second-order valence-electron chi connectivity index (χ2n) is 6.75. The molecule has 1 aliphatic carbocycles.